The molecule has 1 saturated carbocycles. The maximum atomic E-state index is 6.36. The van der Waals surface area contributed by atoms with E-state index in [0.717, 1.165) is 12.5 Å². The van der Waals surface area contributed by atoms with Gasteiger partial charge >= 0.3 is 0 Å². The standard InChI is InChI=1S/C16H34N2/c1-7-18(12(2)3)11-13-10-14(16(4,5)6)8-9-15(13)17/h12-15H,7-11,17H2,1-6H3. The van der Waals surface area contributed by atoms with Gasteiger partial charge in [-0.2, -0.15) is 0 Å². The predicted octanol–water partition coefficient (Wildman–Crippen LogP) is 3.51. The van der Waals surface area contributed by atoms with Crippen molar-refractivity contribution in [2.24, 2.45) is 23.0 Å². The molecule has 0 radical (unpaired) electrons. The van der Waals surface area contributed by atoms with Crippen LogP contribution in [0.2, 0.25) is 0 Å². The number of nitrogens with zero attached hydrogens (tertiary/aromatic N) is 1. The van der Waals surface area contributed by atoms with E-state index in [9.17, 15) is 0 Å². The van der Waals surface area contributed by atoms with Crippen molar-refractivity contribution in [3.8, 4) is 0 Å². The van der Waals surface area contributed by atoms with Crippen molar-refractivity contribution in [3.63, 3.8) is 0 Å². The van der Waals surface area contributed by atoms with Crippen molar-refractivity contribution in [3.05, 3.63) is 0 Å². The topological polar surface area (TPSA) is 29.3 Å². The molecule has 1 fully saturated rings. The Labute approximate surface area is 114 Å². The van der Waals surface area contributed by atoms with Crippen molar-refractivity contribution in [2.75, 3.05) is 13.1 Å². The molecule has 2 heteroatoms. The zero-order valence-electron chi connectivity index (χ0n) is 13.4. The summed E-state index contributed by atoms with van der Waals surface area (Å²) >= 11 is 0. The van der Waals surface area contributed by atoms with Crippen LogP contribution in [-0.2, 0) is 0 Å². The molecule has 1 aliphatic carbocycles. The summed E-state index contributed by atoms with van der Waals surface area (Å²) in [6.45, 7) is 16.3. The van der Waals surface area contributed by atoms with Crippen LogP contribution in [0.1, 0.15) is 60.8 Å². The molecule has 0 aromatic heterocycles. The van der Waals surface area contributed by atoms with E-state index in [1.807, 2.05) is 0 Å². The maximum absolute atomic E-state index is 6.36. The first-order valence-corrected chi connectivity index (χ1v) is 7.75. The second kappa shape index (κ2) is 6.38. The van der Waals surface area contributed by atoms with Gasteiger partial charge in [-0.25, -0.2) is 0 Å². The van der Waals surface area contributed by atoms with Gasteiger partial charge in [0.1, 0.15) is 0 Å². The van der Waals surface area contributed by atoms with Gasteiger partial charge in [0.15, 0.2) is 0 Å². The van der Waals surface area contributed by atoms with E-state index < -0.39 is 0 Å². The Morgan fingerprint density at radius 2 is 1.83 bits per heavy atom. The second-order valence-electron chi connectivity index (χ2n) is 7.48. The lowest BCUT2D eigenvalue weighted by Crippen LogP contribution is -2.46. The van der Waals surface area contributed by atoms with E-state index in [2.05, 4.69) is 46.4 Å². The Balaban J connectivity index is 2.62. The fourth-order valence-electron chi connectivity index (χ4n) is 3.29. The average Bonchev–Trinajstić information content (AvgIpc) is 2.25. The summed E-state index contributed by atoms with van der Waals surface area (Å²) < 4.78 is 0. The van der Waals surface area contributed by atoms with Gasteiger partial charge < -0.3 is 10.6 Å². The van der Waals surface area contributed by atoms with Gasteiger partial charge in [-0.1, -0.05) is 27.7 Å². The minimum absolute atomic E-state index is 0.413. The molecule has 2 nitrogen and oxygen atoms in total. The molecule has 0 bridgehead atoms. The van der Waals surface area contributed by atoms with E-state index in [-0.39, 0.29) is 0 Å². The van der Waals surface area contributed by atoms with Crippen LogP contribution in [0.15, 0.2) is 0 Å². The lowest BCUT2D eigenvalue weighted by atomic mass is 9.67. The maximum Gasteiger partial charge on any atom is 0.00795 e. The van der Waals surface area contributed by atoms with Gasteiger partial charge in [0.05, 0.1) is 0 Å². The summed E-state index contributed by atoms with van der Waals surface area (Å²) in [5.74, 6) is 1.53. The summed E-state index contributed by atoms with van der Waals surface area (Å²) in [5.41, 5.74) is 6.80. The van der Waals surface area contributed by atoms with Gasteiger partial charge in [-0.05, 0) is 56.9 Å². The van der Waals surface area contributed by atoms with Gasteiger partial charge in [-0.3, -0.25) is 0 Å². The van der Waals surface area contributed by atoms with Crippen molar-refractivity contribution < 1.29 is 0 Å². The summed E-state index contributed by atoms with van der Waals surface area (Å²) in [5, 5.41) is 0. The monoisotopic (exact) mass is 254 g/mol. The third kappa shape index (κ3) is 4.24. The van der Waals surface area contributed by atoms with E-state index in [1.165, 1.54) is 25.8 Å². The molecule has 0 aromatic rings. The number of hydrogen-bond donors (Lipinski definition) is 1. The van der Waals surface area contributed by atoms with Gasteiger partial charge in [0, 0.05) is 18.6 Å². The van der Waals surface area contributed by atoms with E-state index in [0.29, 0.717) is 23.4 Å². The quantitative estimate of drug-likeness (QED) is 0.832. The number of hydrogen-bond acceptors (Lipinski definition) is 2. The first-order valence-electron chi connectivity index (χ1n) is 7.75. The molecule has 3 atom stereocenters. The number of rotatable bonds is 4. The molecule has 18 heavy (non-hydrogen) atoms. The lowest BCUT2D eigenvalue weighted by Gasteiger charge is -2.42. The lowest BCUT2D eigenvalue weighted by molar-refractivity contribution is 0.0911. The van der Waals surface area contributed by atoms with Crippen LogP contribution >= 0.6 is 0 Å². The fraction of sp³-hybridized carbons (Fsp3) is 1.00. The largest absolute Gasteiger partial charge is 0.327 e. The van der Waals surface area contributed by atoms with Gasteiger partial charge in [0.2, 0.25) is 0 Å². The summed E-state index contributed by atoms with van der Waals surface area (Å²) in [4.78, 5) is 2.57. The third-order valence-corrected chi connectivity index (χ3v) is 4.87. The average molecular weight is 254 g/mol. The van der Waals surface area contributed by atoms with Gasteiger partial charge in [0.25, 0.3) is 0 Å². The minimum atomic E-state index is 0.413. The zero-order valence-corrected chi connectivity index (χ0v) is 13.4. The van der Waals surface area contributed by atoms with E-state index >= 15 is 0 Å². The molecular formula is C16H34N2. The predicted molar refractivity (Wildman–Crippen MR) is 80.6 cm³/mol. The smallest absolute Gasteiger partial charge is 0.00795 e. The van der Waals surface area contributed by atoms with Crippen LogP contribution in [0, 0.1) is 17.3 Å². The summed E-state index contributed by atoms with van der Waals surface area (Å²) in [6, 6.07) is 1.05. The molecule has 0 spiro atoms. The Morgan fingerprint density at radius 1 is 1.22 bits per heavy atom. The number of nitrogens with two attached hydrogens (primary N) is 1. The Bertz CT molecular complexity index is 240. The van der Waals surface area contributed by atoms with Crippen LogP contribution in [0.3, 0.4) is 0 Å². The minimum Gasteiger partial charge on any atom is -0.327 e. The first kappa shape index (κ1) is 16.0. The SMILES string of the molecule is CCN(CC1CC(C(C)(C)C)CCC1N)C(C)C. The second-order valence-corrected chi connectivity index (χ2v) is 7.48. The van der Waals surface area contributed by atoms with Crippen molar-refractivity contribution in [2.45, 2.75) is 72.9 Å². The van der Waals surface area contributed by atoms with Crippen LogP contribution < -0.4 is 5.73 Å². The van der Waals surface area contributed by atoms with Crippen LogP contribution in [0.5, 0.6) is 0 Å². The Morgan fingerprint density at radius 3 is 2.28 bits per heavy atom. The summed E-state index contributed by atoms with van der Waals surface area (Å²) in [6.07, 6.45) is 3.84. The molecule has 0 amide bonds. The van der Waals surface area contributed by atoms with Crippen LogP contribution in [0.25, 0.3) is 0 Å². The highest BCUT2D eigenvalue weighted by atomic mass is 15.1. The third-order valence-electron chi connectivity index (χ3n) is 4.87. The molecule has 0 heterocycles. The summed E-state index contributed by atoms with van der Waals surface area (Å²) in [7, 11) is 0. The van der Waals surface area contributed by atoms with Crippen LogP contribution in [0.4, 0.5) is 0 Å². The molecular weight excluding hydrogens is 220 g/mol. The van der Waals surface area contributed by atoms with Gasteiger partial charge in [-0.15, -0.1) is 0 Å². The molecule has 3 unspecified atom stereocenters. The van der Waals surface area contributed by atoms with E-state index in [1.54, 1.807) is 0 Å². The highest BCUT2D eigenvalue weighted by Gasteiger charge is 2.35. The molecule has 1 rings (SSSR count). The zero-order chi connectivity index (χ0) is 13.9. The fourth-order valence-corrected chi connectivity index (χ4v) is 3.29. The molecule has 2 N–H and O–H groups in total. The Kier molecular flexibility index (Phi) is 5.67. The van der Waals surface area contributed by atoms with E-state index in [4.69, 9.17) is 5.73 Å². The molecule has 0 aliphatic heterocycles. The molecule has 0 saturated heterocycles. The first-order chi connectivity index (χ1) is 8.25. The molecule has 108 valence electrons. The normalized spacial score (nSPS) is 30.2. The van der Waals surface area contributed by atoms with Crippen molar-refractivity contribution in [1.29, 1.82) is 0 Å². The molecule has 0 aromatic carbocycles. The highest BCUT2D eigenvalue weighted by molar-refractivity contribution is 4.89. The molecule has 1 aliphatic rings. The van der Waals surface area contributed by atoms with Crippen LogP contribution in [-0.4, -0.2) is 30.1 Å². The highest BCUT2D eigenvalue weighted by Crippen LogP contribution is 2.40. The van der Waals surface area contributed by atoms with Crippen molar-refractivity contribution in [1.82, 2.24) is 4.90 Å². The Hall–Kier alpha value is -0.0800. The van der Waals surface area contributed by atoms with Crippen molar-refractivity contribution >= 4 is 0 Å².